The number of morpholine rings is 1. The molecule has 2 bridgehead atoms. The number of ether oxygens (including phenoxy) is 2. The van der Waals surface area contributed by atoms with Gasteiger partial charge in [0.25, 0.3) is 0 Å². The SMILES string of the molecule is CCNC(=NCCCCN1CCOCC1)NC1CC2CCC1O2. The average molecular weight is 324 g/mol. The molecule has 0 aromatic rings. The third-order valence-electron chi connectivity index (χ3n) is 5.03. The van der Waals surface area contributed by atoms with Gasteiger partial charge in [-0.1, -0.05) is 0 Å². The number of hydrogen-bond acceptors (Lipinski definition) is 4. The smallest absolute Gasteiger partial charge is 0.191 e. The maximum atomic E-state index is 5.91. The highest BCUT2D eigenvalue weighted by Crippen LogP contribution is 2.34. The first-order valence-electron chi connectivity index (χ1n) is 9.35. The van der Waals surface area contributed by atoms with Gasteiger partial charge in [-0.2, -0.15) is 0 Å². The van der Waals surface area contributed by atoms with Gasteiger partial charge in [-0.3, -0.25) is 9.89 Å². The molecular weight excluding hydrogens is 292 g/mol. The fourth-order valence-corrected chi connectivity index (χ4v) is 3.75. The maximum Gasteiger partial charge on any atom is 0.191 e. The third-order valence-corrected chi connectivity index (χ3v) is 5.03. The summed E-state index contributed by atoms with van der Waals surface area (Å²) in [6.07, 6.45) is 6.78. The summed E-state index contributed by atoms with van der Waals surface area (Å²) in [5, 5.41) is 6.94. The summed E-state index contributed by atoms with van der Waals surface area (Å²) in [5.41, 5.74) is 0. The summed E-state index contributed by atoms with van der Waals surface area (Å²) in [6, 6.07) is 0.444. The van der Waals surface area contributed by atoms with Gasteiger partial charge >= 0.3 is 0 Å². The second-order valence-corrected chi connectivity index (χ2v) is 6.78. The van der Waals surface area contributed by atoms with Gasteiger partial charge in [0.05, 0.1) is 31.5 Å². The Morgan fingerprint density at radius 3 is 2.78 bits per heavy atom. The van der Waals surface area contributed by atoms with Crippen LogP contribution in [-0.4, -0.2) is 75.0 Å². The van der Waals surface area contributed by atoms with E-state index in [9.17, 15) is 0 Å². The summed E-state index contributed by atoms with van der Waals surface area (Å²) in [5.74, 6) is 0.958. The third kappa shape index (κ3) is 5.06. The van der Waals surface area contributed by atoms with E-state index < -0.39 is 0 Å². The average Bonchev–Trinajstić information content (AvgIpc) is 3.18. The lowest BCUT2D eigenvalue weighted by atomic mass is 9.96. The van der Waals surface area contributed by atoms with Crippen molar-refractivity contribution in [2.75, 3.05) is 45.9 Å². The van der Waals surface area contributed by atoms with Crippen molar-refractivity contribution in [3.05, 3.63) is 0 Å². The van der Waals surface area contributed by atoms with E-state index in [0.717, 1.165) is 58.2 Å². The highest BCUT2D eigenvalue weighted by molar-refractivity contribution is 5.80. The number of guanidine groups is 1. The lowest BCUT2D eigenvalue weighted by Crippen LogP contribution is -2.47. The van der Waals surface area contributed by atoms with Crippen molar-refractivity contribution in [3.63, 3.8) is 0 Å². The fourth-order valence-electron chi connectivity index (χ4n) is 3.75. The number of rotatable bonds is 7. The van der Waals surface area contributed by atoms with Crippen molar-refractivity contribution < 1.29 is 9.47 Å². The van der Waals surface area contributed by atoms with Crippen LogP contribution in [-0.2, 0) is 9.47 Å². The molecule has 2 N–H and O–H groups in total. The molecule has 3 heterocycles. The van der Waals surface area contributed by atoms with E-state index in [4.69, 9.17) is 14.5 Å². The maximum absolute atomic E-state index is 5.91. The number of nitrogens with one attached hydrogen (secondary N) is 2. The predicted molar refractivity (Wildman–Crippen MR) is 91.9 cm³/mol. The van der Waals surface area contributed by atoms with Gasteiger partial charge in [0, 0.05) is 26.2 Å². The molecule has 3 rings (SSSR count). The van der Waals surface area contributed by atoms with E-state index in [-0.39, 0.29) is 0 Å². The zero-order valence-electron chi connectivity index (χ0n) is 14.4. The van der Waals surface area contributed by atoms with Gasteiger partial charge in [0.15, 0.2) is 5.96 Å². The highest BCUT2D eigenvalue weighted by atomic mass is 16.5. The van der Waals surface area contributed by atoms with Crippen LogP contribution in [0.15, 0.2) is 4.99 Å². The quantitative estimate of drug-likeness (QED) is 0.415. The topological polar surface area (TPSA) is 58.1 Å². The molecule has 3 unspecified atom stereocenters. The van der Waals surface area contributed by atoms with E-state index in [1.807, 2.05) is 0 Å². The normalized spacial score (nSPS) is 31.5. The summed E-state index contributed by atoms with van der Waals surface area (Å²) in [4.78, 5) is 7.23. The van der Waals surface area contributed by atoms with Gasteiger partial charge in [-0.15, -0.1) is 0 Å². The van der Waals surface area contributed by atoms with Crippen molar-refractivity contribution in [1.29, 1.82) is 0 Å². The standard InChI is InChI=1S/C17H32N4O2/c1-2-18-17(20-15-13-14-5-6-16(15)23-14)19-7-3-4-8-21-9-11-22-12-10-21/h14-16H,2-13H2,1H3,(H2,18,19,20). The molecule has 0 aromatic carbocycles. The number of nitrogens with zero attached hydrogens (tertiary/aromatic N) is 2. The Balaban J connectivity index is 1.34. The van der Waals surface area contributed by atoms with Crippen LogP contribution in [0.4, 0.5) is 0 Å². The van der Waals surface area contributed by atoms with Crippen molar-refractivity contribution >= 4 is 5.96 Å². The highest BCUT2D eigenvalue weighted by Gasteiger charge is 2.41. The second kappa shape index (κ2) is 8.85. The van der Waals surface area contributed by atoms with Gasteiger partial charge < -0.3 is 20.1 Å². The van der Waals surface area contributed by atoms with E-state index >= 15 is 0 Å². The molecular formula is C17H32N4O2. The molecule has 6 nitrogen and oxygen atoms in total. The largest absolute Gasteiger partial charge is 0.379 e. The molecule has 3 aliphatic rings. The first-order chi connectivity index (χ1) is 11.3. The fraction of sp³-hybridized carbons (Fsp3) is 0.941. The van der Waals surface area contributed by atoms with Crippen LogP contribution in [0.3, 0.4) is 0 Å². The van der Waals surface area contributed by atoms with Gasteiger partial charge in [0.2, 0.25) is 0 Å². The molecule has 132 valence electrons. The van der Waals surface area contributed by atoms with Crippen LogP contribution in [0, 0.1) is 0 Å². The van der Waals surface area contributed by atoms with Crippen molar-refractivity contribution in [2.24, 2.45) is 4.99 Å². The van der Waals surface area contributed by atoms with Crippen LogP contribution in [0.2, 0.25) is 0 Å². The van der Waals surface area contributed by atoms with Crippen LogP contribution in [0.1, 0.15) is 39.0 Å². The Bertz CT molecular complexity index is 385. The summed E-state index contributed by atoms with van der Waals surface area (Å²) in [7, 11) is 0. The molecule has 6 heteroatoms. The van der Waals surface area contributed by atoms with Crippen LogP contribution < -0.4 is 10.6 Å². The van der Waals surface area contributed by atoms with E-state index in [1.165, 1.54) is 25.8 Å². The zero-order valence-corrected chi connectivity index (χ0v) is 14.4. The molecule has 0 spiro atoms. The molecule has 3 fully saturated rings. The first kappa shape index (κ1) is 17.0. The minimum atomic E-state index is 0.394. The molecule has 23 heavy (non-hydrogen) atoms. The minimum Gasteiger partial charge on any atom is -0.379 e. The van der Waals surface area contributed by atoms with Crippen LogP contribution in [0.5, 0.6) is 0 Å². The first-order valence-corrected chi connectivity index (χ1v) is 9.35. The number of aliphatic imine (C=N–C) groups is 1. The molecule has 0 saturated carbocycles. The molecule has 3 aliphatic heterocycles. The minimum absolute atomic E-state index is 0.394. The number of unbranched alkanes of at least 4 members (excludes halogenated alkanes) is 1. The Labute approximate surface area is 140 Å². The van der Waals surface area contributed by atoms with Crippen molar-refractivity contribution in [1.82, 2.24) is 15.5 Å². The zero-order chi connectivity index (χ0) is 15.9. The van der Waals surface area contributed by atoms with E-state index in [1.54, 1.807) is 0 Å². The molecule has 0 aliphatic carbocycles. The number of fused-ring (bicyclic) bond motifs is 2. The lowest BCUT2D eigenvalue weighted by molar-refractivity contribution is 0.0373. The van der Waals surface area contributed by atoms with Gasteiger partial charge in [0.1, 0.15) is 0 Å². The summed E-state index contributed by atoms with van der Waals surface area (Å²) >= 11 is 0. The van der Waals surface area contributed by atoms with Crippen LogP contribution in [0.25, 0.3) is 0 Å². The molecule has 0 radical (unpaired) electrons. The monoisotopic (exact) mass is 324 g/mol. The van der Waals surface area contributed by atoms with E-state index in [0.29, 0.717) is 18.2 Å². The van der Waals surface area contributed by atoms with E-state index in [2.05, 4.69) is 22.5 Å². The Morgan fingerprint density at radius 1 is 1.22 bits per heavy atom. The number of hydrogen-bond donors (Lipinski definition) is 2. The molecule has 0 aromatic heterocycles. The summed E-state index contributed by atoms with van der Waals surface area (Å²) < 4.78 is 11.3. The second-order valence-electron chi connectivity index (χ2n) is 6.78. The predicted octanol–water partition coefficient (Wildman–Crippen LogP) is 0.974. The summed E-state index contributed by atoms with van der Waals surface area (Å²) in [6.45, 7) is 9.02. The lowest BCUT2D eigenvalue weighted by Gasteiger charge is -2.26. The van der Waals surface area contributed by atoms with Crippen molar-refractivity contribution in [3.8, 4) is 0 Å². The van der Waals surface area contributed by atoms with Gasteiger partial charge in [-0.05, 0) is 45.6 Å². The van der Waals surface area contributed by atoms with Crippen molar-refractivity contribution in [2.45, 2.75) is 57.3 Å². The molecule has 0 amide bonds. The van der Waals surface area contributed by atoms with Crippen LogP contribution >= 0.6 is 0 Å². The Kier molecular flexibility index (Phi) is 6.54. The Morgan fingerprint density at radius 2 is 2.09 bits per heavy atom. The van der Waals surface area contributed by atoms with Gasteiger partial charge in [-0.25, -0.2) is 0 Å². The Hall–Kier alpha value is -0.850. The molecule has 3 saturated heterocycles. The molecule has 3 atom stereocenters.